The Morgan fingerprint density at radius 2 is 1.60 bits per heavy atom. The molecule has 1 aliphatic heterocycles. The molecule has 5 rings (SSSR count). The number of aliphatic hydroxyl groups excluding tert-OH is 3. The molecule has 7 nitrogen and oxygen atoms in total. The van der Waals surface area contributed by atoms with Gasteiger partial charge in [-0.05, 0) is 91.8 Å². The summed E-state index contributed by atoms with van der Waals surface area (Å²) in [4.78, 5) is 11.5. The molecule has 3 N–H and O–H groups in total. The zero-order chi connectivity index (χ0) is 25.1. The Morgan fingerprint density at radius 1 is 0.914 bits per heavy atom. The Kier molecular flexibility index (Phi) is 6.88. The number of fused-ring (bicyclic) bond motifs is 5. The van der Waals surface area contributed by atoms with Crippen LogP contribution in [-0.4, -0.2) is 64.7 Å². The second-order valence-corrected chi connectivity index (χ2v) is 12.6. The van der Waals surface area contributed by atoms with Crippen molar-refractivity contribution in [1.82, 2.24) is 0 Å². The molecule has 7 heteroatoms. The molecule has 6 unspecified atom stereocenters. The van der Waals surface area contributed by atoms with E-state index >= 15 is 0 Å². The molecule has 1 saturated heterocycles. The first-order valence-electron chi connectivity index (χ1n) is 13.7. The maximum absolute atomic E-state index is 11.5. The average molecular weight is 493 g/mol. The van der Waals surface area contributed by atoms with Gasteiger partial charge in [0.05, 0.1) is 18.8 Å². The second kappa shape index (κ2) is 9.39. The van der Waals surface area contributed by atoms with Crippen LogP contribution in [0.1, 0.15) is 72.1 Å². The molecule has 0 amide bonds. The first-order chi connectivity index (χ1) is 16.6. The number of rotatable bonds is 4. The van der Waals surface area contributed by atoms with Gasteiger partial charge in [0.15, 0.2) is 12.4 Å². The van der Waals surface area contributed by atoms with Gasteiger partial charge in [-0.2, -0.15) is 0 Å². The molecule has 5 aliphatic rings. The summed E-state index contributed by atoms with van der Waals surface area (Å²) in [7, 11) is 0. The van der Waals surface area contributed by atoms with Crippen molar-refractivity contribution in [2.24, 2.45) is 40.4 Å². The number of esters is 1. The Labute approximate surface area is 209 Å². The molecule has 0 aromatic heterocycles. The third-order valence-corrected chi connectivity index (χ3v) is 11.1. The van der Waals surface area contributed by atoms with Crippen LogP contribution in [0.15, 0.2) is 12.7 Å². The van der Waals surface area contributed by atoms with Crippen molar-refractivity contribution >= 4 is 5.97 Å². The highest BCUT2D eigenvalue weighted by molar-refractivity contribution is 5.66. The molecular weight excluding hydrogens is 448 g/mol. The van der Waals surface area contributed by atoms with Crippen molar-refractivity contribution < 1.29 is 34.3 Å². The summed E-state index contributed by atoms with van der Waals surface area (Å²) in [5, 5.41) is 32.0. The highest BCUT2D eigenvalue weighted by Crippen LogP contribution is 2.67. The van der Waals surface area contributed by atoms with Crippen LogP contribution < -0.4 is 0 Å². The molecular formula is C28H44O7. The van der Waals surface area contributed by atoms with Crippen LogP contribution in [0.3, 0.4) is 0 Å². The van der Waals surface area contributed by atoms with E-state index in [0.29, 0.717) is 29.6 Å². The molecule has 0 aromatic carbocycles. The summed E-state index contributed by atoms with van der Waals surface area (Å²) < 4.78 is 17.1. The SMILES string of the molecule is C=C[C@H]1CCC2[C@@H]3CCC4C(O[C@@H]5OC[C@@H](O)C(OC(C)=O)C5O)[C@@H](O)CC[C@]4(C)C3CC[C@@]21C. The number of carbonyl (C=O) groups is 1. The Morgan fingerprint density at radius 3 is 2.31 bits per heavy atom. The fourth-order valence-corrected chi connectivity index (χ4v) is 9.28. The summed E-state index contributed by atoms with van der Waals surface area (Å²) >= 11 is 0. The van der Waals surface area contributed by atoms with Crippen LogP contribution in [0.25, 0.3) is 0 Å². The Bertz CT molecular complexity index is 817. The zero-order valence-electron chi connectivity index (χ0n) is 21.5. The molecule has 0 spiro atoms. The summed E-state index contributed by atoms with van der Waals surface area (Å²) in [5.41, 5.74) is 0.428. The van der Waals surface area contributed by atoms with Crippen molar-refractivity contribution in [2.45, 2.75) is 109 Å². The molecule has 13 atom stereocenters. The number of aliphatic hydroxyl groups is 3. The normalized spacial score (nSPS) is 53.7. The quantitative estimate of drug-likeness (QED) is 0.409. The van der Waals surface area contributed by atoms with E-state index in [1.807, 2.05) is 0 Å². The van der Waals surface area contributed by atoms with E-state index in [9.17, 15) is 20.1 Å². The van der Waals surface area contributed by atoms with E-state index in [-0.39, 0.29) is 17.9 Å². The lowest BCUT2D eigenvalue weighted by atomic mass is 9.44. The van der Waals surface area contributed by atoms with Crippen molar-refractivity contribution in [3.05, 3.63) is 12.7 Å². The van der Waals surface area contributed by atoms with Gasteiger partial charge < -0.3 is 29.5 Å². The summed E-state index contributed by atoms with van der Waals surface area (Å²) in [6.07, 6.45) is 5.28. The average Bonchev–Trinajstić information content (AvgIpc) is 3.16. The Hall–Kier alpha value is -0.990. The second-order valence-electron chi connectivity index (χ2n) is 12.6. The van der Waals surface area contributed by atoms with E-state index in [0.717, 1.165) is 25.2 Å². The van der Waals surface area contributed by atoms with Crippen LogP contribution >= 0.6 is 0 Å². The Balaban J connectivity index is 1.34. The maximum atomic E-state index is 11.5. The minimum absolute atomic E-state index is 0.0643. The topological polar surface area (TPSA) is 105 Å². The zero-order valence-corrected chi connectivity index (χ0v) is 21.5. The standard InChI is InChI=1S/C28H44O7/c1-5-16-6-8-18-17-7-9-20-24(35-26-23(32)25(34-15(2)29)22(31)14-33-26)21(30)11-13-28(20,4)19(17)10-12-27(16,18)3/h5,16-26,30-32H,1,6-14H2,2-4H3/t16-,17-,18?,19?,20?,21-,22+,23?,24?,25?,26-,27+,28+/m0/s1. The van der Waals surface area contributed by atoms with Crippen LogP contribution in [-0.2, 0) is 19.0 Å². The fourth-order valence-electron chi connectivity index (χ4n) is 9.28. The number of allylic oxidation sites excluding steroid dienone is 1. The molecule has 5 fully saturated rings. The van der Waals surface area contributed by atoms with Gasteiger partial charge in [-0.25, -0.2) is 0 Å². The van der Waals surface area contributed by atoms with Crippen molar-refractivity contribution in [3.63, 3.8) is 0 Å². The lowest BCUT2D eigenvalue weighted by molar-refractivity contribution is -0.311. The number of ether oxygens (including phenoxy) is 3. The third kappa shape index (κ3) is 4.10. The van der Waals surface area contributed by atoms with Crippen LogP contribution in [0.2, 0.25) is 0 Å². The molecule has 198 valence electrons. The van der Waals surface area contributed by atoms with Crippen molar-refractivity contribution in [2.75, 3.05) is 6.61 Å². The first kappa shape index (κ1) is 25.7. The van der Waals surface area contributed by atoms with E-state index in [2.05, 4.69) is 26.5 Å². The molecule has 35 heavy (non-hydrogen) atoms. The number of carbonyl (C=O) groups excluding carboxylic acids is 1. The van der Waals surface area contributed by atoms with Gasteiger partial charge in [-0.15, -0.1) is 6.58 Å². The molecule has 0 aromatic rings. The summed E-state index contributed by atoms with van der Waals surface area (Å²) in [6.45, 7) is 10.2. The van der Waals surface area contributed by atoms with E-state index < -0.39 is 42.8 Å². The highest BCUT2D eigenvalue weighted by Gasteiger charge is 2.62. The van der Waals surface area contributed by atoms with E-state index in [1.165, 1.54) is 32.6 Å². The van der Waals surface area contributed by atoms with Crippen molar-refractivity contribution in [3.8, 4) is 0 Å². The largest absolute Gasteiger partial charge is 0.457 e. The minimum atomic E-state index is -1.32. The lowest BCUT2D eigenvalue weighted by Gasteiger charge is -2.62. The van der Waals surface area contributed by atoms with Crippen molar-refractivity contribution in [1.29, 1.82) is 0 Å². The van der Waals surface area contributed by atoms with Gasteiger partial charge in [-0.3, -0.25) is 4.79 Å². The monoisotopic (exact) mass is 492 g/mol. The van der Waals surface area contributed by atoms with Gasteiger partial charge in [0.25, 0.3) is 0 Å². The predicted molar refractivity (Wildman–Crippen MR) is 129 cm³/mol. The molecule has 1 heterocycles. The lowest BCUT2D eigenvalue weighted by Crippen LogP contribution is -2.61. The van der Waals surface area contributed by atoms with Crippen LogP contribution in [0.5, 0.6) is 0 Å². The first-order valence-corrected chi connectivity index (χ1v) is 13.7. The van der Waals surface area contributed by atoms with Gasteiger partial charge in [0, 0.05) is 6.92 Å². The summed E-state index contributed by atoms with van der Waals surface area (Å²) in [5.74, 6) is 2.26. The smallest absolute Gasteiger partial charge is 0.303 e. The van der Waals surface area contributed by atoms with Gasteiger partial charge in [0.1, 0.15) is 12.2 Å². The highest BCUT2D eigenvalue weighted by atomic mass is 16.7. The fraction of sp³-hybridized carbons (Fsp3) is 0.893. The molecule has 4 saturated carbocycles. The van der Waals surface area contributed by atoms with Gasteiger partial charge in [0.2, 0.25) is 0 Å². The molecule has 0 bridgehead atoms. The predicted octanol–water partition coefficient (Wildman–Crippen LogP) is 3.20. The van der Waals surface area contributed by atoms with E-state index in [4.69, 9.17) is 14.2 Å². The molecule has 0 radical (unpaired) electrons. The van der Waals surface area contributed by atoms with E-state index in [1.54, 1.807) is 0 Å². The number of hydrogen-bond acceptors (Lipinski definition) is 7. The van der Waals surface area contributed by atoms with Crippen LogP contribution in [0.4, 0.5) is 0 Å². The minimum Gasteiger partial charge on any atom is -0.457 e. The molecule has 4 aliphatic carbocycles. The van der Waals surface area contributed by atoms with Gasteiger partial charge in [-0.1, -0.05) is 19.9 Å². The van der Waals surface area contributed by atoms with Crippen LogP contribution in [0, 0.1) is 40.4 Å². The maximum Gasteiger partial charge on any atom is 0.303 e. The third-order valence-electron chi connectivity index (χ3n) is 11.1. The number of hydrogen-bond donors (Lipinski definition) is 3. The van der Waals surface area contributed by atoms with Gasteiger partial charge >= 0.3 is 5.97 Å². The summed E-state index contributed by atoms with van der Waals surface area (Å²) in [6, 6.07) is 0.